The second kappa shape index (κ2) is 8.22. The van der Waals surface area contributed by atoms with Crippen LogP contribution in [0.4, 0.5) is 17.1 Å². The number of amides is 3. The quantitative estimate of drug-likeness (QED) is 0.671. The van der Waals surface area contributed by atoms with Crippen molar-refractivity contribution in [3.63, 3.8) is 0 Å². The molecule has 2 rings (SSSR count). The summed E-state index contributed by atoms with van der Waals surface area (Å²) in [6, 6.07) is 11.8. The maximum absolute atomic E-state index is 12.6. The lowest BCUT2D eigenvalue weighted by atomic mass is 9.90. The van der Waals surface area contributed by atoms with Crippen molar-refractivity contribution in [2.24, 2.45) is 5.41 Å². The van der Waals surface area contributed by atoms with Crippen LogP contribution in [0.25, 0.3) is 0 Å². The van der Waals surface area contributed by atoms with Crippen molar-refractivity contribution in [2.45, 2.75) is 27.7 Å². The zero-order chi connectivity index (χ0) is 20.2. The minimum atomic E-state index is -1.31. The third-order valence-electron chi connectivity index (χ3n) is 4.11. The van der Waals surface area contributed by atoms with E-state index < -0.39 is 17.2 Å². The van der Waals surface area contributed by atoms with E-state index in [1.54, 1.807) is 63.2 Å². The van der Waals surface area contributed by atoms with E-state index in [2.05, 4.69) is 16.0 Å². The zero-order valence-corrected chi connectivity index (χ0v) is 16.4. The average molecular weight is 388 g/mol. The van der Waals surface area contributed by atoms with E-state index in [-0.39, 0.29) is 5.91 Å². The number of nitrogens with one attached hydrogen (secondary N) is 3. The van der Waals surface area contributed by atoms with Crippen molar-refractivity contribution in [3.8, 4) is 0 Å². The molecule has 2 aromatic carbocycles. The standard InChI is InChI=1S/C20H22ClN3O3/c1-12-16(21)6-5-7-17(12)24-19(27)20(3,4)18(26)23-15-10-8-14(9-11-15)22-13(2)25/h5-11H,1-4H3,(H,22,25)(H,23,26)(H,24,27). The third kappa shape index (κ3) is 5.08. The molecule has 0 aliphatic carbocycles. The Morgan fingerprint density at radius 1 is 0.852 bits per heavy atom. The summed E-state index contributed by atoms with van der Waals surface area (Å²) in [7, 11) is 0. The maximum Gasteiger partial charge on any atom is 0.239 e. The van der Waals surface area contributed by atoms with Crippen molar-refractivity contribution < 1.29 is 14.4 Å². The largest absolute Gasteiger partial charge is 0.326 e. The van der Waals surface area contributed by atoms with Gasteiger partial charge in [-0.2, -0.15) is 0 Å². The van der Waals surface area contributed by atoms with E-state index >= 15 is 0 Å². The Hall–Kier alpha value is -2.86. The Bertz CT molecular complexity index is 877. The van der Waals surface area contributed by atoms with Crippen LogP contribution in [0.3, 0.4) is 0 Å². The molecule has 3 amide bonds. The van der Waals surface area contributed by atoms with E-state index in [1.165, 1.54) is 6.92 Å². The molecular weight excluding hydrogens is 366 g/mol. The average Bonchev–Trinajstić information content (AvgIpc) is 2.60. The number of rotatable bonds is 5. The maximum atomic E-state index is 12.6. The number of halogens is 1. The molecule has 0 atom stereocenters. The van der Waals surface area contributed by atoms with Crippen LogP contribution in [0.15, 0.2) is 42.5 Å². The van der Waals surface area contributed by atoms with E-state index in [0.29, 0.717) is 22.1 Å². The van der Waals surface area contributed by atoms with Gasteiger partial charge in [0, 0.05) is 29.0 Å². The highest BCUT2D eigenvalue weighted by molar-refractivity contribution is 6.31. The van der Waals surface area contributed by atoms with Gasteiger partial charge in [-0.15, -0.1) is 0 Å². The summed E-state index contributed by atoms with van der Waals surface area (Å²) in [4.78, 5) is 36.3. The van der Waals surface area contributed by atoms with Gasteiger partial charge in [0.2, 0.25) is 17.7 Å². The molecule has 0 radical (unpaired) electrons. The summed E-state index contributed by atoms with van der Waals surface area (Å²) in [6.45, 7) is 6.30. The SMILES string of the molecule is CC(=O)Nc1ccc(NC(=O)C(C)(C)C(=O)Nc2cccc(Cl)c2C)cc1. The molecule has 27 heavy (non-hydrogen) atoms. The number of carbonyl (C=O) groups is 3. The van der Waals surface area contributed by atoms with Gasteiger partial charge in [0.05, 0.1) is 0 Å². The van der Waals surface area contributed by atoms with Crippen molar-refractivity contribution in [1.82, 2.24) is 0 Å². The minimum Gasteiger partial charge on any atom is -0.326 e. The molecule has 0 aliphatic heterocycles. The molecule has 0 bridgehead atoms. The minimum absolute atomic E-state index is 0.180. The van der Waals surface area contributed by atoms with Gasteiger partial charge >= 0.3 is 0 Å². The van der Waals surface area contributed by atoms with Gasteiger partial charge in [0.1, 0.15) is 5.41 Å². The predicted molar refractivity (Wildman–Crippen MR) is 108 cm³/mol. The highest BCUT2D eigenvalue weighted by Gasteiger charge is 2.36. The molecule has 0 aliphatic rings. The van der Waals surface area contributed by atoms with Crippen LogP contribution >= 0.6 is 11.6 Å². The Morgan fingerprint density at radius 3 is 1.93 bits per heavy atom. The first-order chi connectivity index (χ1) is 12.6. The predicted octanol–water partition coefficient (Wildman–Crippen LogP) is 4.21. The number of carbonyl (C=O) groups excluding carboxylic acids is 3. The molecule has 0 spiro atoms. The summed E-state index contributed by atoms with van der Waals surface area (Å²) in [5, 5.41) is 8.65. The fourth-order valence-electron chi connectivity index (χ4n) is 2.25. The van der Waals surface area contributed by atoms with Gasteiger partial charge in [-0.05, 0) is 62.7 Å². The van der Waals surface area contributed by atoms with Gasteiger partial charge in [-0.3, -0.25) is 14.4 Å². The first-order valence-electron chi connectivity index (χ1n) is 8.37. The van der Waals surface area contributed by atoms with Crippen LogP contribution < -0.4 is 16.0 Å². The summed E-state index contributed by atoms with van der Waals surface area (Å²) in [5.74, 6) is -1.08. The molecule has 0 aromatic heterocycles. The molecule has 0 saturated heterocycles. The van der Waals surface area contributed by atoms with Gasteiger partial charge in [0.25, 0.3) is 0 Å². The lowest BCUT2D eigenvalue weighted by Gasteiger charge is -2.23. The summed E-state index contributed by atoms with van der Waals surface area (Å²) >= 11 is 6.07. The van der Waals surface area contributed by atoms with Crippen molar-refractivity contribution in [3.05, 3.63) is 53.1 Å². The molecule has 0 heterocycles. The Balaban J connectivity index is 2.08. The second-order valence-corrected chi connectivity index (χ2v) is 7.11. The van der Waals surface area contributed by atoms with Crippen LogP contribution in [0.2, 0.25) is 5.02 Å². The zero-order valence-electron chi connectivity index (χ0n) is 15.6. The lowest BCUT2D eigenvalue weighted by molar-refractivity contribution is -0.135. The Labute approximate surface area is 163 Å². The lowest BCUT2D eigenvalue weighted by Crippen LogP contribution is -2.41. The fraction of sp³-hybridized carbons (Fsp3) is 0.250. The van der Waals surface area contributed by atoms with Crippen LogP contribution in [-0.2, 0) is 14.4 Å². The van der Waals surface area contributed by atoms with Crippen LogP contribution in [0.5, 0.6) is 0 Å². The first-order valence-corrected chi connectivity index (χ1v) is 8.74. The molecule has 3 N–H and O–H groups in total. The number of anilines is 3. The second-order valence-electron chi connectivity index (χ2n) is 6.70. The van der Waals surface area contributed by atoms with Gasteiger partial charge in [0.15, 0.2) is 0 Å². The van der Waals surface area contributed by atoms with Gasteiger partial charge < -0.3 is 16.0 Å². The molecule has 0 saturated carbocycles. The molecule has 0 unspecified atom stereocenters. The third-order valence-corrected chi connectivity index (χ3v) is 4.52. The number of benzene rings is 2. The molecule has 7 heteroatoms. The molecule has 0 fully saturated rings. The van der Waals surface area contributed by atoms with Crippen molar-refractivity contribution in [2.75, 3.05) is 16.0 Å². The van der Waals surface area contributed by atoms with Gasteiger partial charge in [-0.25, -0.2) is 0 Å². The first kappa shape index (κ1) is 20.5. The fourth-order valence-corrected chi connectivity index (χ4v) is 2.43. The van der Waals surface area contributed by atoms with Crippen LogP contribution in [0.1, 0.15) is 26.3 Å². The van der Waals surface area contributed by atoms with E-state index in [4.69, 9.17) is 11.6 Å². The van der Waals surface area contributed by atoms with E-state index in [1.807, 2.05) is 0 Å². The van der Waals surface area contributed by atoms with Gasteiger partial charge in [-0.1, -0.05) is 17.7 Å². The van der Waals surface area contributed by atoms with Crippen molar-refractivity contribution >= 4 is 46.4 Å². The molecule has 6 nitrogen and oxygen atoms in total. The summed E-state index contributed by atoms with van der Waals surface area (Å²) < 4.78 is 0. The Kier molecular flexibility index (Phi) is 6.23. The summed E-state index contributed by atoms with van der Waals surface area (Å²) in [6.07, 6.45) is 0. The Morgan fingerprint density at radius 2 is 1.37 bits per heavy atom. The molecule has 142 valence electrons. The highest BCUT2D eigenvalue weighted by atomic mass is 35.5. The number of hydrogen-bond acceptors (Lipinski definition) is 3. The monoisotopic (exact) mass is 387 g/mol. The van der Waals surface area contributed by atoms with E-state index in [0.717, 1.165) is 5.56 Å². The summed E-state index contributed by atoms with van der Waals surface area (Å²) in [5.41, 5.74) is 1.12. The molecular formula is C20H22ClN3O3. The molecule has 2 aromatic rings. The van der Waals surface area contributed by atoms with Crippen LogP contribution in [-0.4, -0.2) is 17.7 Å². The normalized spacial score (nSPS) is 10.9. The van der Waals surface area contributed by atoms with Crippen LogP contribution in [0, 0.1) is 12.3 Å². The smallest absolute Gasteiger partial charge is 0.239 e. The topological polar surface area (TPSA) is 87.3 Å². The van der Waals surface area contributed by atoms with Crippen molar-refractivity contribution in [1.29, 1.82) is 0 Å². The number of hydrogen-bond donors (Lipinski definition) is 3. The van der Waals surface area contributed by atoms with E-state index in [9.17, 15) is 14.4 Å². The highest BCUT2D eigenvalue weighted by Crippen LogP contribution is 2.26.